The summed E-state index contributed by atoms with van der Waals surface area (Å²) in [6.07, 6.45) is 0. The molecule has 0 N–H and O–H groups in total. The number of methoxy groups -OCH3 is 1. The van der Waals surface area contributed by atoms with E-state index in [9.17, 15) is 0 Å². The quantitative estimate of drug-likeness (QED) is 0.734. The van der Waals surface area contributed by atoms with Crippen LogP contribution in [0.4, 0.5) is 0 Å². The van der Waals surface area contributed by atoms with Crippen LogP contribution in [0, 0.1) is 0 Å². The van der Waals surface area contributed by atoms with Crippen LogP contribution < -0.4 is 4.74 Å². The first-order valence-electron chi connectivity index (χ1n) is 4.73. The number of rotatable bonds is 3. The van der Waals surface area contributed by atoms with E-state index in [1.165, 1.54) is 0 Å². The highest BCUT2D eigenvalue weighted by molar-refractivity contribution is 7.10. The molecule has 1 unspecified atom stereocenters. The molecule has 0 fully saturated rings. The van der Waals surface area contributed by atoms with Crippen LogP contribution in [0.3, 0.4) is 0 Å². The van der Waals surface area contributed by atoms with E-state index >= 15 is 0 Å². The summed E-state index contributed by atoms with van der Waals surface area (Å²) < 4.78 is 5.10. The molecule has 0 amide bonds. The lowest BCUT2D eigenvalue weighted by Crippen LogP contribution is -1.91. The molecule has 0 saturated heterocycles. The third-order valence-electron chi connectivity index (χ3n) is 2.26. The van der Waals surface area contributed by atoms with E-state index in [1.54, 1.807) is 18.4 Å². The minimum Gasteiger partial charge on any atom is -0.495 e. The molecule has 1 aromatic carbocycles. The van der Waals surface area contributed by atoms with Gasteiger partial charge in [0.25, 0.3) is 0 Å². The van der Waals surface area contributed by atoms with E-state index < -0.39 is 0 Å². The van der Waals surface area contributed by atoms with Crippen molar-refractivity contribution in [1.82, 2.24) is 0 Å². The molecule has 0 aliphatic rings. The molecule has 16 heavy (non-hydrogen) atoms. The summed E-state index contributed by atoms with van der Waals surface area (Å²) in [6, 6.07) is 9.61. The molecule has 4 heteroatoms. The van der Waals surface area contributed by atoms with Crippen molar-refractivity contribution in [3.8, 4) is 5.75 Å². The number of ether oxygens (including phenoxy) is 1. The maximum atomic E-state index is 6.35. The van der Waals surface area contributed by atoms with Crippen LogP contribution in [0.15, 0.2) is 35.7 Å². The van der Waals surface area contributed by atoms with Gasteiger partial charge in [0.05, 0.1) is 17.5 Å². The molecule has 2 aromatic rings. The monoisotopic (exact) mass is 272 g/mol. The van der Waals surface area contributed by atoms with Gasteiger partial charge in [0.1, 0.15) is 5.75 Å². The number of alkyl halides is 1. The molecular formula is C12H10Cl2OS. The minimum atomic E-state index is -0.150. The molecule has 1 nitrogen and oxygen atoms in total. The SMILES string of the molecule is COc1ccc(C(Cl)c2cccs2)cc1Cl. The van der Waals surface area contributed by atoms with E-state index in [0.29, 0.717) is 10.8 Å². The average molecular weight is 273 g/mol. The number of halogens is 2. The fourth-order valence-corrected chi connectivity index (χ4v) is 2.80. The van der Waals surface area contributed by atoms with Crippen LogP contribution in [-0.4, -0.2) is 7.11 Å². The second-order valence-corrected chi connectivity index (χ2v) is 5.09. The third-order valence-corrected chi connectivity index (χ3v) is 4.11. The molecule has 1 atom stereocenters. The van der Waals surface area contributed by atoms with Crippen molar-refractivity contribution in [2.24, 2.45) is 0 Å². The van der Waals surface area contributed by atoms with E-state index in [2.05, 4.69) is 0 Å². The fraction of sp³-hybridized carbons (Fsp3) is 0.167. The highest BCUT2D eigenvalue weighted by atomic mass is 35.5. The zero-order chi connectivity index (χ0) is 11.5. The number of thiophene rings is 1. The molecule has 0 radical (unpaired) electrons. The molecule has 1 heterocycles. The van der Waals surface area contributed by atoms with Crippen molar-refractivity contribution in [3.05, 3.63) is 51.2 Å². The Bertz CT molecular complexity index is 468. The van der Waals surface area contributed by atoms with Gasteiger partial charge < -0.3 is 4.74 Å². The summed E-state index contributed by atoms with van der Waals surface area (Å²) in [5, 5.41) is 2.45. The van der Waals surface area contributed by atoms with Crippen LogP contribution in [0.5, 0.6) is 5.75 Å². The number of benzene rings is 1. The van der Waals surface area contributed by atoms with Crippen molar-refractivity contribution in [3.63, 3.8) is 0 Å². The summed E-state index contributed by atoms with van der Waals surface area (Å²) in [6.45, 7) is 0. The highest BCUT2D eigenvalue weighted by Crippen LogP contribution is 2.35. The second kappa shape index (κ2) is 5.09. The van der Waals surface area contributed by atoms with Gasteiger partial charge in [-0.05, 0) is 29.1 Å². The Kier molecular flexibility index (Phi) is 3.74. The van der Waals surface area contributed by atoms with Crippen molar-refractivity contribution < 1.29 is 4.74 Å². The van der Waals surface area contributed by atoms with Crippen molar-refractivity contribution in [1.29, 1.82) is 0 Å². The standard InChI is InChI=1S/C12H10Cl2OS/c1-15-10-5-4-8(7-9(10)13)12(14)11-3-2-6-16-11/h2-7,12H,1H3. The normalized spacial score (nSPS) is 12.4. The molecule has 84 valence electrons. The Balaban J connectivity index is 2.31. The van der Waals surface area contributed by atoms with Gasteiger partial charge in [0.15, 0.2) is 0 Å². The van der Waals surface area contributed by atoms with Crippen LogP contribution >= 0.6 is 34.5 Å². The summed E-state index contributed by atoms with van der Waals surface area (Å²) >= 11 is 14.0. The summed E-state index contributed by atoms with van der Waals surface area (Å²) in [5.41, 5.74) is 0.981. The van der Waals surface area contributed by atoms with E-state index in [1.807, 2.05) is 35.7 Å². The third kappa shape index (κ3) is 2.34. The maximum Gasteiger partial charge on any atom is 0.137 e. The lowest BCUT2D eigenvalue weighted by molar-refractivity contribution is 0.415. The Hall–Kier alpha value is -0.700. The Morgan fingerprint density at radius 2 is 2.12 bits per heavy atom. The molecular weight excluding hydrogens is 263 g/mol. The molecule has 0 aliphatic heterocycles. The van der Waals surface area contributed by atoms with Gasteiger partial charge in [-0.3, -0.25) is 0 Å². The van der Waals surface area contributed by atoms with Crippen molar-refractivity contribution in [2.75, 3.05) is 7.11 Å². The molecule has 0 aliphatic carbocycles. The smallest absolute Gasteiger partial charge is 0.137 e. The average Bonchev–Trinajstić information content (AvgIpc) is 2.81. The van der Waals surface area contributed by atoms with Crippen LogP contribution in [-0.2, 0) is 0 Å². The first kappa shape index (κ1) is 11.8. The van der Waals surface area contributed by atoms with E-state index in [4.69, 9.17) is 27.9 Å². The van der Waals surface area contributed by atoms with Gasteiger partial charge in [-0.1, -0.05) is 23.7 Å². The summed E-state index contributed by atoms with van der Waals surface area (Å²) in [4.78, 5) is 1.11. The minimum absolute atomic E-state index is 0.150. The van der Waals surface area contributed by atoms with Crippen LogP contribution in [0.25, 0.3) is 0 Å². The topological polar surface area (TPSA) is 9.23 Å². The zero-order valence-corrected chi connectivity index (χ0v) is 10.9. The van der Waals surface area contributed by atoms with E-state index in [-0.39, 0.29) is 5.38 Å². The summed E-state index contributed by atoms with van der Waals surface area (Å²) in [5.74, 6) is 0.667. The first-order valence-corrected chi connectivity index (χ1v) is 6.42. The molecule has 1 aromatic heterocycles. The maximum absolute atomic E-state index is 6.35. The largest absolute Gasteiger partial charge is 0.495 e. The summed E-state index contributed by atoms with van der Waals surface area (Å²) in [7, 11) is 1.60. The Labute approximate surface area is 109 Å². The predicted octanol–water partition coefficient (Wildman–Crippen LogP) is 4.74. The molecule has 0 spiro atoms. The molecule has 2 rings (SSSR count). The second-order valence-electron chi connectivity index (χ2n) is 3.27. The van der Waals surface area contributed by atoms with Crippen molar-refractivity contribution >= 4 is 34.5 Å². The van der Waals surface area contributed by atoms with Crippen molar-refractivity contribution in [2.45, 2.75) is 5.38 Å². The van der Waals surface area contributed by atoms with Gasteiger partial charge in [-0.2, -0.15) is 0 Å². The van der Waals surface area contributed by atoms with E-state index in [0.717, 1.165) is 10.4 Å². The lowest BCUT2D eigenvalue weighted by atomic mass is 10.1. The highest BCUT2D eigenvalue weighted by Gasteiger charge is 2.13. The van der Waals surface area contributed by atoms with Gasteiger partial charge in [0, 0.05) is 4.88 Å². The van der Waals surface area contributed by atoms with Gasteiger partial charge in [0.2, 0.25) is 0 Å². The molecule has 0 bridgehead atoms. The Morgan fingerprint density at radius 1 is 1.31 bits per heavy atom. The predicted molar refractivity (Wildman–Crippen MR) is 70.0 cm³/mol. The van der Waals surface area contributed by atoms with Gasteiger partial charge in [-0.25, -0.2) is 0 Å². The number of hydrogen-bond acceptors (Lipinski definition) is 2. The number of hydrogen-bond donors (Lipinski definition) is 0. The fourth-order valence-electron chi connectivity index (χ4n) is 1.44. The van der Waals surface area contributed by atoms with Gasteiger partial charge in [-0.15, -0.1) is 22.9 Å². The Morgan fingerprint density at radius 3 is 2.69 bits per heavy atom. The first-order chi connectivity index (χ1) is 7.72. The molecule has 0 saturated carbocycles. The zero-order valence-electron chi connectivity index (χ0n) is 8.61. The van der Waals surface area contributed by atoms with Crippen LogP contribution in [0.2, 0.25) is 5.02 Å². The van der Waals surface area contributed by atoms with Crippen LogP contribution in [0.1, 0.15) is 15.8 Å². The van der Waals surface area contributed by atoms with Gasteiger partial charge >= 0.3 is 0 Å². The lowest BCUT2D eigenvalue weighted by Gasteiger charge is -2.10.